The molecule has 0 amide bonds. The molecule has 1 aliphatic heterocycles. The predicted molar refractivity (Wildman–Crippen MR) is 114 cm³/mol. The minimum Gasteiger partial charge on any atom is -0.448 e. The summed E-state index contributed by atoms with van der Waals surface area (Å²) >= 11 is 1.55. The van der Waals surface area contributed by atoms with Crippen LogP contribution in [0.3, 0.4) is 0 Å². The lowest BCUT2D eigenvalue weighted by Gasteiger charge is -2.22. The summed E-state index contributed by atoms with van der Waals surface area (Å²) in [5.41, 5.74) is 5.00. The fraction of sp³-hybridized carbons (Fsp3) is 0.318. The number of para-hydroxylation sites is 1. The van der Waals surface area contributed by atoms with Crippen LogP contribution in [-0.4, -0.2) is 20.9 Å². The molecule has 28 heavy (non-hydrogen) atoms. The molecule has 0 aliphatic carbocycles. The summed E-state index contributed by atoms with van der Waals surface area (Å²) in [5, 5.41) is 12.8. The molecule has 0 radical (unpaired) electrons. The van der Waals surface area contributed by atoms with Gasteiger partial charge in [-0.05, 0) is 22.8 Å². The number of anilines is 1. The first kappa shape index (κ1) is 18.7. The summed E-state index contributed by atoms with van der Waals surface area (Å²) in [6, 6.07) is 16.6. The van der Waals surface area contributed by atoms with E-state index in [1.807, 2.05) is 24.3 Å². The lowest BCUT2D eigenvalue weighted by Crippen LogP contribution is -2.18. The van der Waals surface area contributed by atoms with E-state index in [0.29, 0.717) is 16.7 Å². The maximum atomic E-state index is 6.30. The van der Waals surface area contributed by atoms with Crippen molar-refractivity contribution in [3.05, 3.63) is 59.7 Å². The second-order valence-corrected chi connectivity index (χ2v) is 8.97. The van der Waals surface area contributed by atoms with E-state index in [-0.39, 0.29) is 11.6 Å². The Kier molecular flexibility index (Phi) is 4.98. The van der Waals surface area contributed by atoms with Gasteiger partial charge in [0.05, 0.1) is 0 Å². The molecule has 0 bridgehead atoms. The maximum absolute atomic E-state index is 6.30. The number of rotatable bonds is 3. The Morgan fingerprint density at radius 2 is 1.79 bits per heavy atom. The average molecular weight is 393 g/mol. The Labute approximate surface area is 170 Å². The zero-order valence-corrected chi connectivity index (χ0v) is 17.4. The van der Waals surface area contributed by atoms with E-state index in [9.17, 15) is 0 Å². The van der Waals surface area contributed by atoms with Gasteiger partial charge in [0.1, 0.15) is 0 Å². The first-order chi connectivity index (χ1) is 13.5. The molecule has 1 aliphatic rings. The quantitative estimate of drug-likeness (QED) is 0.598. The highest BCUT2D eigenvalue weighted by Crippen LogP contribution is 2.39. The zero-order valence-electron chi connectivity index (χ0n) is 16.6. The Morgan fingerprint density at radius 3 is 2.50 bits per heavy atom. The highest BCUT2D eigenvalue weighted by Gasteiger charge is 2.26. The molecule has 1 atom stereocenters. The second-order valence-electron chi connectivity index (χ2n) is 7.74. The highest BCUT2D eigenvalue weighted by atomic mass is 32.2. The average Bonchev–Trinajstić information content (AvgIpc) is 2.84. The van der Waals surface area contributed by atoms with Gasteiger partial charge in [-0.15, -0.1) is 10.2 Å². The van der Waals surface area contributed by atoms with Crippen molar-refractivity contribution in [1.82, 2.24) is 15.2 Å². The van der Waals surface area contributed by atoms with Crippen molar-refractivity contribution in [3.8, 4) is 17.1 Å². The molecule has 1 aromatic heterocycles. The Balaban J connectivity index is 1.76. The lowest BCUT2D eigenvalue weighted by atomic mass is 9.86. The Hall–Kier alpha value is -2.60. The fourth-order valence-corrected chi connectivity index (χ4v) is 3.65. The number of benzene rings is 2. The van der Waals surface area contributed by atoms with Crippen LogP contribution in [0.2, 0.25) is 0 Å². The number of hydrogen-bond acceptors (Lipinski definition) is 6. The van der Waals surface area contributed by atoms with Crippen LogP contribution >= 0.6 is 11.8 Å². The highest BCUT2D eigenvalue weighted by molar-refractivity contribution is 7.99. The third-order valence-electron chi connectivity index (χ3n) is 4.69. The van der Waals surface area contributed by atoms with E-state index < -0.39 is 0 Å². The first-order valence-corrected chi connectivity index (χ1v) is 10.4. The summed E-state index contributed by atoms with van der Waals surface area (Å²) in [4.78, 5) is 4.62. The molecule has 5 nitrogen and oxygen atoms in total. The SMILES string of the molecule is CCSc1nnc2c(n1)OC(c1ccc(C(C)(C)C)cc1)Nc1ccccc1-2. The van der Waals surface area contributed by atoms with Gasteiger partial charge >= 0.3 is 0 Å². The molecule has 0 spiro atoms. The summed E-state index contributed by atoms with van der Waals surface area (Å²) in [7, 11) is 0. The van der Waals surface area contributed by atoms with Gasteiger partial charge in [-0.2, -0.15) is 4.98 Å². The third kappa shape index (κ3) is 3.69. The summed E-state index contributed by atoms with van der Waals surface area (Å²) in [6.07, 6.45) is -0.354. The molecule has 2 aromatic carbocycles. The molecule has 2 heterocycles. The van der Waals surface area contributed by atoms with Gasteiger partial charge in [0, 0.05) is 16.8 Å². The van der Waals surface area contributed by atoms with E-state index >= 15 is 0 Å². The minimum absolute atomic E-state index is 0.110. The number of nitrogens with zero attached hydrogens (tertiary/aromatic N) is 3. The zero-order chi connectivity index (χ0) is 19.7. The fourth-order valence-electron chi connectivity index (χ4n) is 3.15. The molecular weight excluding hydrogens is 368 g/mol. The van der Waals surface area contributed by atoms with Crippen LogP contribution in [0.5, 0.6) is 5.88 Å². The van der Waals surface area contributed by atoms with Crippen LogP contribution in [0.4, 0.5) is 5.69 Å². The standard InChI is InChI=1S/C22H24N4OS/c1-5-28-21-24-20-18(25-26-21)16-8-6-7-9-17(16)23-19(27-20)14-10-12-15(13-11-14)22(2,3)4/h6-13,19,23H,5H2,1-4H3. The number of hydrogen-bond donors (Lipinski definition) is 1. The van der Waals surface area contributed by atoms with Gasteiger partial charge < -0.3 is 10.1 Å². The van der Waals surface area contributed by atoms with Gasteiger partial charge in [-0.25, -0.2) is 0 Å². The summed E-state index contributed by atoms with van der Waals surface area (Å²) in [6.45, 7) is 8.70. The second kappa shape index (κ2) is 7.43. The Morgan fingerprint density at radius 1 is 1.04 bits per heavy atom. The van der Waals surface area contributed by atoms with E-state index in [4.69, 9.17) is 4.74 Å². The smallest absolute Gasteiger partial charge is 0.247 e. The van der Waals surface area contributed by atoms with Crippen molar-refractivity contribution < 1.29 is 4.74 Å². The van der Waals surface area contributed by atoms with Crippen molar-refractivity contribution in [2.75, 3.05) is 11.1 Å². The van der Waals surface area contributed by atoms with Crippen molar-refractivity contribution in [2.45, 2.75) is 44.5 Å². The van der Waals surface area contributed by atoms with Crippen LogP contribution in [0.25, 0.3) is 11.3 Å². The van der Waals surface area contributed by atoms with Crippen LogP contribution in [-0.2, 0) is 5.41 Å². The number of aromatic nitrogens is 3. The molecule has 0 saturated carbocycles. The summed E-state index contributed by atoms with van der Waals surface area (Å²) < 4.78 is 6.30. The number of thioether (sulfide) groups is 1. The molecule has 6 heteroatoms. The van der Waals surface area contributed by atoms with Gasteiger partial charge in [-0.3, -0.25) is 0 Å². The predicted octanol–water partition coefficient (Wildman–Crippen LogP) is 5.45. The van der Waals surface area contributed by atoms with Crippen LogP contribution in [0, 0.1) is 0 Å². The van der Waals surface area contributed by atoms with Gasteiger partial charge in [0.25, 0.3) is 0 Å². The van der Waals surface area contributed by atoms with Gasteiger partial charge in [0.2, 0.25) is 11.0 Å². The van der Waals surface area contributed by atoms with Crippen molar-refractivity contribution in [3.63, 3.8) is 0 Å². The largest absolute Gasteiger partial charge is 0.448 e. The third-order valence-corrected chi connectivity index (χ3v) is 5.41. The van der Waals surface area contributed by atoms with Crippen LogP contribution < -0.4 is 10.1 Å². The molecule has 3 aromatic rings. The van der Waals surface area contributed by atoms with E-state index in [1.165, 1.54) is 5.56 Å². The molecule has 4 rings (SSSR count). The van der Waals surface area contributed by atoms with Crippen LogP contribution in [0.1, 0.15) is 45.0 Å². The van der Waals surface area contributed by atoms with Crippen molar-refractivity contribution >= 4 is 17.4 Å². The number of nitrogens with one attached hydrogen (secondary N) is 1. The Bertz CT molecular complexity index is 983. The molecule has 1 unspecified atom stereocenters. The normalized spacial score (nSPS) is 15.6. The topological polar surface area (TPSA) is 59.9 Å². The number of ether oxygens (including phenoxy) is 1. The number of fused-ring (bicyclic) bond motifs is 3. The van der Waals surface area contributed by atoms with E-state index in [0.717, 1.165) is 22.6 Å². The van der Waals surface area contributed by atoms with Gasteiger partial charge in [0.15, 0.2) is 11.9 Å². The minimum atomic E-state index is -0.354. The molecule has 1 N–H and O–H groups in total. The maximum Gasteiger partial charge on any atom is 0.247 e. The van der Waals surface area contributed by atoms with Crippen molar-refractivity contribution in [1.29, 1.82) is 0 Å². The molecule has 0 saturated heterocycles. The van der Waals surface area contributed by atoms with Gasteiger partial charge in [-0.1, -0.05) is 81.9 Å². The van der Waals surface area contributed by atoms with Crippen molar-refractivity contribution in [2.24, 2.45) is 0 Å². The van der Waals surface area contributed by atoms with E-state index in [2.05, 4.69) is 72.5 Å². The molecular formula is C22H24N4OS. The summed E-state index contributed by atoms with van der Waals surface area (Å²) in [5.74, 6) is 1.39. The molecule has 0 fully saturated rings. The first-order valence-electron chi connectivity index (χ1n) is 9.46. The van der Waals surface area contributed by atoms with E-state index in [1.54, 1.807) is 11.8 Å². The van der Waals surface area contributed by atoms with Crippen LogP contribution in [0.15, 0.2) is 53.7 Å². The lowest BCUT2D eigenvalue weighted by molar-refractivity contribution is 0.225. The molecule has 144 valence electrons. The monoisotopic (exact) mass is 392 g/mol.